The Morgan fingerprint density at radius 3 is 2.78 bits per heavy atom. The molecule has 1 aromatic rings. The summed E-state index contributed by atoms with van der Waals surface area (Å²) in [5, 5.41) is 4.31. The highest BCUT2D eigenvalue weighted by Gasteiger charge is 2.46. The second kappa shape index (κ2) is 6.26. The van der Waals surface area contributed by atoms with Crippen molar-refractivity contribution < 1.29 is 13.2 Å². The van der Waals surface area contributed by atoms with E-state index in [1.165, 1.54) is 0 Å². The summed E-state index contributed by atoms with van der Waals surface area (Å²) in [5.74, 6) is 0.280. The van der Waals surface area contributed by atoms with E-state index in [-0.39, 0.29) is 29.4 Å². The van der Waals surface area contributed by atoms with Crippen molar-refractivity contribution in [2.24, 2.45) is 17.8 Å². The quantitative estimate of drug-likeness (QED) is 0.822. The molecule has 6 nitrogen and oxygen atoms in total. The largest absolute Gasteiger partial charge is 0.274 e. The Morgan fingerprint density at radius 1 is 1.43 bits per heavy atom. The minimum Gasteiger partial charge on any atom is -0.274 e. The normalized spacial score (nSPS) is 24.5. The Balaban J connectivity index is 1.57. The fraction of sp³-hybridized carbons (Fsp3) is 0.750. The fourth-order valence-electron chi connectivity index (χ4n) is 3.21. The van der Waals surface area contributed by atoms with Crippen molar-refractivity contribution in [2.75, 3.05) is 5.75 Å². The van der Waals surface area contributed by atoms with Crippen molar-refractivity contribution in [3.63, 3.8) is 0 Å². The molecule has 0 unspecified atom stereocenters. The van der Waals surface area contributed by atoms with Gasteiger partial charge in [-0.15, -0.1) is 0 Å². The van der Waals surface area contributed by atoms with Gasteiger partial charge in [0, 0.05) is 30.3 Å². The van der Waals surface area contributed by atoms with Crippen LogP contribution in [0.2, 0.25) is 0 Å². The standard InChI is InChI=1S/C16H25N3O3S/c1-11(2)9-19-15(6-7-17-19)13-8-14(13)16(20)18-23(21,22)10-12-4-3-5-12/h6-7,11-14H,3-5,8-10H2,1-2H3,(H,18,20)/t13-,14-/m1/s1. The van der Waals surface area contributed by atoms with E-state index < -0.39 is 10.0 Å². The summed E-state index contributed by atoms with van der Waals surface area (Å²) in [6, 6.07) is 1.93. The fourth-order valence-corrected chi connectivity index (χ4v) is 4.70. The second-order valence-corrected chi connectivity index (χ2v) is 9.09. The average Bonchev–Trinajstić information content (AvgIpc) is 3.07. The summed E-state index contributed by atoms with van der Waals surface area (Å²) in [4.78, 5) is 12.2. The maximum Gasteiger partial charge on any atom is 0.237 e. The predicted molar refractivity (Wildman–Crippen MR) is 87.2 cm³/mol. The number of nitrogens with one attached hydrogen (secondary N) is 1. The molecular weight excluding hydrogens is 314 g/mol. The van der Waals surface area contributed by atoms with Crippen LogP contribution in [0.4, 0.5) is 0 Å². The molecule has 2 aliphatic carbocycles. The SMILES string of the molecule is CC(C)Cn1nccc1[C@@H]1C[C@H]1C(=O)NS(=O)(=O)CC1CCC1. The van der Waals surface area contributed by atoms with Gasteiger partial charge in [0.2, 0.25) is 15.9 Å². The minimum absolute atomic E-state index is 0.0847. The molecule has 0 saturated heterocycles. The number of aromatic nitrogens is 2. The van der Waals surface area contributed by atoms with E-state index in [0.29, 0.717) is 12.3 Å². The number of hydrogen-bond acceptors (Lipinski definition) is 4. The summed E-state index contributed by atoms with van der Waals surface area (Å²) in [6.45, 7) is 5.05. The van der Waals surface area contributed by atoms with Crippen molar-refractivity contribution in [1.29, 1.82) is 0 Å². The summed E-state index contributed by atoms with van der Waals surface area (Å²) in [5.41, 5.74) is 1.04. The van der Waals surface area contributed by atoms with E-state index in [2.05, 4.69) is 23.7 Å². The van der Waals surface area contributed by atoms with Crippen molar-refractivity contribution in [1.82, 2.24) is 14.5 Å². The summed E-state index contributed by atoms with van der Waals surface area (Å²) in [6.07, 6.45) is 5.46. The van der Waals surface area contributed by atoms with Gasteiger partial charge in [0.1, 0.15) is 0 Å². The van der Waals surface area contributed by atoms with Gasteiger partial charge in [-0.05, 0) is 37.2 Å². The Morgan fingerprint density at radius 2 is 2.17 bits per heavy atom. The lowest BCUT2D eigenvalue weighted by Crippen LogP contribution is -2.37. The molecule has 2 fully saturated rings. The topological polar surface area (TPSA) is 81.1 Å². The molecule has 1 amide bonds. The molecule has 0 bridgehead atoms. The minimum atomic E-state index is -3.49. The van der Waals surface area contributed by atoms with Crippen molar-refractivity contribution in [3.8, 4) is 0 Å². The first-order chi connectivity index (χ1) is 10.9. The molecule has 2 atom stereocenters. The lowest BCUT2D eigenvalue weighted by Gasteiger charge is -2.24. The van der Waals surface area contributed by atoms with Gasteiger partial charge in [-0.3, -0.25) is 14.2 Å². The van der Waals surface area contributed by atoms with Gasteiger partial charge in [0.15, 0.2) is 0 Å². The first kappa shape index (κ1) is 16.5. The smallest absolute Gasteiger partial charge is 0.237 e. The second-order valence-electron chi connectivity index (χ2n) is 7.33. The molecule has 23 heavy (non-hydrogen) atoms. The van der Waals surface area contributed by atoms with E-state index in [1.54, 1.807) is 6.20 Å². The van der Waals surface area contributed by atoms with Crippen LogP contribution in [0.25, 0.3) is 0 Å². The molecule has 3 rings (SSSR count). The molecule has 0 aliphatic heterocycles. The lowest BCUT2D eigenvalue weighted by atomic mass is 9.87. The third kappa shape index (κ3) is 3.94. The molecule has 0 spiro atoms. The van der Waals surface area contributed by atoms with Crippen molar-refractivity contribution >= 4 is 15.9 Å². The van der Waals surface area contributed by atoms with E-state index in [1.807, 2.05) is 10.7 Å². The Bertz CT molecular complexity index is 676. The van der Waals surface area contributed by atoms with E-state index in [0.717, 1.165) is 31.5 Å². The number of rotatable bonds is 7. The summed E-state index contributed by atoms with van der Waals surface area (Å²) >= 11 is 0. The summed E-state index contributed by atoms with van der Waals surface area (Å²) in [7, 11) is -3.49. The first-order valence-electron chi connectivity index (χ1n) is 8.42. The van der Waals surface area contributed by atoms with Crippen LogP contribution in [0.5, 0.6) is 0 Å². The number of hydrogen-bond donors (Lipinski definition) is 1. The monoisotopic (exact) mass is 339 g/mol. The Kier molecular flexibility index (Phi) is 4.49. The van der Waals surface area contributed by atoms with Crippen molar-refractivity contribution in [3.05, 3.63) is 18.0 Å². The number of sulfonamides is 1. The van der Waals surface area contributed by atoms with Gasteiger partial charge >= 0.3 is 0 Å². The third-order valence-electron chi connectivity index (χ3n) is 4.73. The molecule has 7 heteroatoms. The van der Waals surface area contributed by atoms with Crippen LogP contribution < -0.4 is 4.72 Å². The molecular formula is C16H25N3O3S. The van der Waals surface area contributed by atoms with Gasteiger partial charge in [0.25, 0.3) is 0 Å². The molecule has 1 N–H and O–H groups in total. The summed E-state index contributed by atoms with van der Waals surface area (Å²) < 4.78 is 28.3. The highest BCUT2D eigenvalue weighted by Crippen LogP contribution is 2.47. The molecule has 2 saturated carbocycles. The number of nitrogens with zero attached hydrogens (tertiary/aromatic N) is 2. The number of amides is 1. The number of carbonyl (C=O) groups is 1. The molecule has 2 aliphatic rings. The molecule has 1 aromatic heterocycles. The molecule has 1 heterocycles. The maximum absolute atomic E-state index is 12.2. The Hall–Kier alpha value is -1.37. The van der Waals surface area contributed by atoms with Crippen LogP contribution >= 0.6 is 0 Å². The van der Waals surface area contributed by atoms with Gasteiger partial charge in [-0.25, -0.2) is 8.42 Å². The zero-order chi connectivity index (χ0) is 16.6. The average molecular weight is 339 g/mol. The third-order valence-corrected chi connectivity index (χ3v) is 6.15. The maximum atomic E-state index is 12.2. The zero-order valence-electron chi connectivity index (χ0n) is 13.7. The number of carbonyl (C=O) groups excluding carboxylic acids is 1. The van der Waals surface area contributed by atoms with Gasteiger partial charge < -0.3 is 0 Å². The Labute approximate surface area is 137 Å². The van der Waals surface area contributed by atoms with Crippen molar-refractivity contribution in [2.45, 2.75) is 52.0 Å². The lowest BCUT2D eigenvalue weighted by molar-refractivity contribution is -0.120. The van der Waals surface area contributed by atoms with E-state index in [4.69, 9.17) is 0 Å². The highest BCUT2D eigenvalue weighted by molar-refractivity contribution is 7.90. The molecule has 0 aromatic carbocycles. The van der Waals surface area contributed by atoms with Gasteiger partial charge in [-0.1, -0.05) is 20.3 Å². The zero-order valence-corrected chi connectivity index (χ0v) is 14.6. The van der Waals surface area contributed by atoms with Gasteiger partial charge in [-0.2, -0.15) is 5.10 Å². The molecule has 0 radical (unpaired) electrons. The molecule has 128 valence electrons. The van der Waals surface area contributed by atoms with Crippen LogP contribution in [0, 0.1) is 17.8 Å². The van der Waals surface area contributed by atoms with Crippen LogP contribution in [-0.2, 0) is 21.4 Å². The first-order valence-corrected chi connectivity index (χ1v) is 10.1. The highest BCUT2D eigenvalue weighted by atomic mass is 32.2. The van der Waals surface area contributed by atoms with Gasteiger partial charge in [0.05, 0.1) is 5.75 Å². The van der Waals surface area contributed by atoms with E-state index >= 15 is 0 Å². The van der Waals surface area contributed by atoms with Crippen LogP contribution in [0.3, 0.4) is 0 Å². The predicted octanol–water partition coefficient (Wildman–Crippen LogP) is 1.89. The van der Waals surface area contributed by atoms with Crippen LogP contribution in [0.15, 0.2) is 12.3 Å². The van der Waals surface area contributed by atoms with Crippen LogP contribution in [-0.4, -0.2) is 29.9 Å². The van der Waals surface area contributed by atoms with E-state index in [9.17, 15) is 13.2 Å². The van der Waals surface area contributed by atoms with Crippen LogP contribution in [0.1, 0.15) is 51.1 Å².